The summed E-state index contributed by atoms with van der Waals surface area (Å²) in [6.07, 6.45) is 2.82. The van der Waals surface area contributed by atoms with Gasteiger partial charge in [-0.1, -0.05) is 19.8 Å². The molecule has 0 aliphatic heterocycles. The number of sulfonamides is 1. The standard InChI is InChI=1S/C16H26N2O5S/c1-4-5-6-9-18-24(20,21)11-10-17-16(19)14-8-7-13(22-2)12-15(14)23-3/h7-8,12,18H,4-6,9-11H2,1-3H3,(H,17,19). The van der Waals surface area contributed by atoms with E-state index in [9.17, 15) is 13.2 Å². The minimum atomic E-state index is -3.38. The number of amides is 1. The summed E-state index contributed by atoms with van der Waals surface area (Å²) in [6.45, 7) is 2.50. The molecule has 0 heterocycles. The summed E-state index contributed by atoms with van der Waals surface area (Å²) >= 11 is 0. The lowest BCUT2D eigenvalue weighted by Gasteiger charge is -2.11. The predicted octanol–water partition coefficient (Wildman–Crippen LogP) is 1.54. The van der Waals surface area contributed by atoms with E-state index in [0.29, 0.717) is 23.6 Å². The van der Waals surface area contributed by atoms with E-state index in [0.717, 1.165) is 19.3 Å². The van der Waals surface area contributed by atoms with Crippen LogP contribution in [0.3, 0.4) is 0 Å². The summed E-state index contributed by atoms with van der Waals surface area (Å²) in [6, 6.07) is 4.81. The van der Waals surface area contributed by atoms with E-state index in [2.05, 4.69) is 17.0 Å². The molecule has 8 heteroatoms. The molecular weight excluding hydrogens is 332 g/mol. The number of methoxy groups -OCH3 is 2. The van der Waals surface area contributed by atoms with Gasteiger partial charge in [0.1, 0.15) is 11.5 Å². The first-order valence-corrected chi connectivity index (χ1v) is 9.56. The van der Waals surface area contributed by atoms with Crippen molar-refractivity contribution < 1.29 is 22.7 Å². The van der Waals surface area contributed by atoms with Crippen LogP contribution in [0.5, 0.6) is 11.5 Å². The SMILES string of the molecule is CCCCCNS(=O)(=O)CCNC(=O)c1ccc(OC)cc1OC. The summed E-state index contributed by atoms with van der Waals surface area (Å²) in [5.74, 6) is 0.383. The highest BCUT2D eigenvalue weighted by atomic mass is 32.2. The number of carbonyl (C=O) groups is 1. The zero-order valence-electron chi connectivity index (χ0n) is 14.4. The van der Waals surface area contributed by atoms with Crippen LogP contribution >= 0.6 is 0 Å². The Morgan fingerprint density at radius 2 is 1.88 bits per heavy atom. The van der Waals surface area contributed by atoms with Crippen LogP contribution in [0, 0.1) is 0 Å². The molecule has 1 rings (SSSR count). The molecule has 1 amide bonds. The van der Waals surface area contributed by atoms with Gasteiger partial charge in [-0.3, -0.25) is 4.79 Å². The van der Waals surface area contributed by atoms with E-state index in [-0.39, 0.29) is 12.3 Å². The Labute approximate surface area is 143 Å². The average molecular weight is 358 g/mol. The van der Waals surface area contributed by atoms with Crippen LogP contribution in [-0.4, -0.2) is 47.4 Å². The number of hydrogen-bond donors (Lipinski definition) is 2. The number of carbonyl (C=O) groups excluding carboxylic acids is 1. The first-order valence-electron chi connectivity index (χ1n) is 7.91. The third-order valence-electron chi connectivity index (χ3n) is 3.41. The van der Waals surface area contributed by atoms with Crippen molar-refractivity contribution in [2.75, 3.05) is 33.1 Å². The van der Waals surface area contributed by atoms with Crippen molar-refractivity contribution in [3.63, 3.8) is 0 Å². The lowest BCUT2D eigenvalue weighted by molar-refractivity contribution is 0.0953. The van der Waals surface area contributed by atoms with Crippen molar-refractivity contribution in [1.82, 2.24) is 10.0 Å². The first-order chi connectivity index (χ1) is 11.4. The fourth-order valence-electron chi connectivity index (χ4n) is 2.06. The third-order valence-corrected chi connectivity index (χ3v) is 4.80. The maximum atomic E-state index is 12.2. The van der Waals surface area contributed by atoms with Gasteiger partial charge >= 0.3 is 0 Å². The van der Waals surface area contributed by atoms with E-state index < -0.39 is 15.9 Å². The molecule has 1 aromatic rings. The molecule has 0 aliphatic rings. The fraction of sp³-hybridized carbons (Fsp3) is 0.562. The van der Waals surface area contributed by atoms with E-state index >= 15 is 0 Å². The summed E-state index contributed by atoms with van der Waals surface area (Å²) < 4.78 is 36.4. The number of hydrogen-bond acceptors (Lipinski definition) is 5. The summed E-state index contributed by atoms with van der Waals surface area (Å²) in [5.41, 5.74) is 0.326. The molecule has 0 aliphatic carbocycles. The minimum absolute atomic E-state index is 0.0249. The summed E-state index contributed by atoms with van der Waals surface area (Å²) in [5, 5.41) is 2.59. The van der Waals surface area contributed by atoms with Gasteiger partial charge in [-0.15, -0.1) is 0 Å². The average Bonchev–Trinajstić information content (AvgIpc) is 2.57. The molecule has 0 saturated heterocycles. The second kappa shape index (κ2) is 10.1. The lowest BCUT2D eigenvalue weighted by Crippen LogP contribution is -2.35. The molecule has 7 nitrogen and oxygen atoms in total. The molecular formula is C16H26N2O5S. The van der Waals surface area contributed by atoms with Crippen molar-refractivity contribution in [3.05, 3.63) is 23.8 Å². The van der Waals surface area contributed by atoms with Gasteiger partial charge in [-0.05, 0) is 18.6 Å². The maximum Gasteiger partial charge on any atom is 0.255 e. The highest BCUT2D eigenvalue weighted by Gasteiger charge is 2.15. The van der Waals surface area contributed by atoms with Crippen molar-refractivity contribution in [1.29, 1.82) is 0 Å². The van der Waals surface area contributed by atoms with Gasteiger partial charge in [-0.2, -0.15) is 0 Å². The van der Waals surface area contributed by atoms with Crippen molar-refractivity contribution in [3.8, 4) is 11.5 Å². The monoisotopic (exact) mass is 358 g/mol. The minimum Gasteiger partial charge on any atom is -0.497 e. The molecule has 2 N–H and O–H groups in total. The Balaban J connectivity index is 2.51. The molecule has 0 unspecified atom stereocenters. The van der Waals surface area contributed by atoms with Crippen LogP contribution < -0.4 is 19.5 Å². The molecule has 0 saturated carbocycles. The molecule has 1 aromatic carbocycles. The summed E-state index contributed by atoms with van der Waals surface area (Å²) in [7, 11) is -0.407. The molecule has 0 aromatic heterocycles. The lowest BCUT2D eigenvalue weighted by atomic mass is 10.2. The van der Waals surface area contributed by atoms with E-state index in [1.165, 1.54) is 14.2 Å². The zero-order chi connectivity index (χ0) is 18.0. The number of ether oxygens (including phenoxy) is 2. The van der Waals surface area contributed by atoms with Crippen LogP contribution in [-0.2, 0) is 10.0 Å². The van der Waals surface area contributed by atoms with E-state index in [1.54, 1.807) is 18.2 Å². The molecule has 24 heavy (non-hydrogen) atoms. The highest BCUT2D eigenvalue weighted by Crippen LogP contribution is 2.24. The van der Waals surface area contributed by atoms with Gasteiger partial charge in [0.15, 0.2) is 0 Å². The van der Waals surface area contributed by atoms with Crippen molar-refractivity contribution in [2.45, 2.75) is 26.2 Å². The Hall–Kier alpha value is -1.80. The molecule has 0 fully saturated rings. The Bertz CT molecular complexity index is 631. The van der Waals surface area contributed by atoms with E-state index in [1.807, 2.05) is 0 Å². The molecule has 136 valence electrons. The van der Waals surface area contributed by atoms with Gasteiger partial charge in [-0.25, -0.2) is 13.1 Å². The van der Waals surface area contributed by atoms with Crippen LogP contribution in [0.15, 0.2) is 18.2 Å². The quantitative estimate of drug-likeness (QED) is 0.585. The normalized spacial score (nSPS) is 11.1. The van der Waals surface area contributed by atoms with Gasteiger partial charge in [0.05, 0.1) is 25.5 Å². The van der Waals surface area contributed by atoms with Crippen LogP contribution in [0.2, 0.25) is 0 Å². The number of benzene rings is 1. The molecule has 0 radical (unpaired) electrons. The second-order valence-electron chi connectivity index (χ2n) is 5.24. The van der Waals surface area contributed by atoms with Crippen LogP contribution in [0.1, 0.15) is 36.5 Å². The Morgan fingerprint density at radius 3 is 2.50 bits per heavy atom. The highest BCUT2D eigenvalue weighted by molar-refractivity contribution is 7.89. The smallest absolute Gasteiger partial charge is 0.255 e. The fourth-order valence-corrected chi connectivity index (χ4v) is 3.03. The number of rotatable bonds is 11. The van der Waals surface area contributed by atoms with Gasteiger partial charge in [0.2, 0.25) is 10.0 Å². The second-order valence-corrected chi connectivity index (χ2v) is 7.17. The molecule has 0 atom stereocenters. The first kappa shape index (κ1) is 20.2. The third kappa shape index (κ3) is 6.76. The number of unbranched alkanes of at least 4 members (excludes halogenated alkanes) is 2. The summed E-state index contributed by atoms with van der Waals surface area (Å²) in [4.78, 5) is 12.2. The van der Waals surface area contributed by atoms with E-state index in [4.69, 9.17) is 9.47 Å². The van der Waals surface area contributed by atoms with Crippen molar-refractivity contribution in [2.24, 2.45) is 0 Å². The largest absolute Gasteiger partial charge is 0.497 e. The number of nitrogens with one attached hydrogen (secondary N) is 2. The molecule has 0 bridgehead atoms. The van der Waals surface area contributed by atoms with Crippen LogP contribution in [0.25, 0.3) is 0 Å². The van der Waals surface area contributed by atoms with Crippen molar-refractivity contribution >= 4 is 15.9 Å². The Morgan fingerprint density at radius 1 is 1.12 bits per heavy atom. The topological polar surface area (TPSA) is 93.7 Å². The van der Waals surface area contributed by atoms with Gasteiger partial charge < -0.3 is 14.8 Å². The molecule has 0 spiro atoms. The van der Waals surface area contributed by atoms with Crippen LogP contribution in [0.4, 0.5) is 0 Å². The van der Waals surface area contributed by atoms with Gasteiger partial charge in [0.25, 0.3) is 5.91 Å². The predicted molar refractivity (Wildman–Crippen MR) is 93.2 cm³/mol. The maximum absolute atomic E-state index is 12.2. The van der Waals surface area contributed by atoms with Gasteiger partial charge in [0, 0.05) is 19.2 Å². The zero-order valence-corrected chi connectivity index (χ0v) is 15.2. The Kier molecular flexibility index (Phi) is 8.56.